The van der Waals surface area contributed by atoms with Gasteiger partial charge in [0.15, 0.2) is 5.75 Å². The van der Waals surface area contributed by atoms with E-state index in [2.05, 4.69) is 15.9 Å². The number of halogens is 2. The van der Waals surface area contributed by atoms with Gasteiger partial charge in [-0.1, -0.05) is 27.5 Å². The van der Waals surface area contributed by atoms with Crippen LogP contribution in [0.3, 0.4) is 0 Å². The molecular formula is C19H16BrClO3. The van der Waals surface area contributed by atoms with Crippen molar-refractivity contribution in [1.29, 1.82) is 0 Å². The van der Waals surface area contributed by atoms with Crippen LogP contribution in [-0.2, 0) is 11.2 Å². The fraction of sp³-hybridized carbons (Fsp3) is 0.211. The lowest BCUT2D eigenvalue weighted by Gasteiger charge is -2.09. The van der Waals surface area contributed by atoms with Crippen molar-refractivity contribution in [2.75, 3.05) is 0 Å². The third kappa shape index (κ3) is 3.35. The standard InChI is InChI=1S/C19H16BrClO3/c1-10-5-15-13(9-23-17(15)6-11(10)2)7-18(22)24-19-12(3)4-14(20)8-16(19)21/h4-6,8-9H,7H2,1-3H3. The van der Waals surface area contributed by atoms with Crippen LogP contribution in [0.25, 0.3) is 11.0 Å². The molecule has 3 nitrogen and oxygen atoms in total. The normalized spacial score (nSPS) is 11.0. The third-order valence-electron chi connectivity index (χ3n) is 4.01. The van der Waals surface area contributed by atoms with Crippen molar-refractivity contribution < 1.29 is 13.9 Å². The number of ether oxygens (including phenoxy) is 1. The summed E-state index contributed by atoms with van der Waals surface area (Å²) in [6, 6.07) is 7.58. The first-order valence-electron chi connectivity index (χ1n) is 7.49. The van der Waals surface area contributed by atoms with Gasteiger partial charge in [-0.3, -0.25) is 4.79 Å². The number of hydrogen-bond donors (Lipinski definition) is 0. The van der Waals surface area contributed by atoms with E-state index in [-0.39, 0.29) is 12.4 Å². The first-order valence-corrected chi connectivity index (χ1v) is 8.66. The lowest BCUT2D eigenvalue weighted by Crippen LogP contribution is -2.12. The smallest absolute Gasteiger partial charge is 0.315 e. The van der Waals surface area contributed by atoms with E-state index in [0.29, 0.717) is 10.8 Å². The van der Waals surface area contributed by atoms with E-state index < -0.39 is 0 Å². The molecule has 1 aromatic heterocycles. The Morgan fingerprint density at radius 1 is 1.12 bits per heavy atom. The number of carbonyl (C=O) groups is 1. The SMILES string of the molecule is Cc1cc2occ(CC(=O)Oc3c(C)cc(Br)cc3Cl)c2cc1C. The molecule has 24 heavy (non-hydrogen) atoms. The minimum absolute atomic E-state index is 0.126. The minimum Gasteiger partial charge on any atom is -0.464 e. The number of furan rings is 1. The van der Waals surface area contributed by atoms with Crippen molar-refractivity contribution in [2.24, 2.45) is 0 Å². The van der Waals surface area contributed by atoms with Crippen LogP contribution >= 0.6 is 27.5 Å². The number of benzene rings is 2. The van der Waals surface area contributed by atoms with E-state index in [4.69, 9.17) is 20.8 Å². The van der Waals surface area contributed by atoms with Crippen molar-refractivity contribution in [3.05, 3.63) is 62.3 Å². The zero-order chi connectivity index (χ0) is 17.4. The minimum atomic E-state index is -0.372. The molecule has 0 aliphatic carbocycles. The summed E-state index contributed by atoms with van der Waals surface area (Å²) in [5.41, 5.74) is 4.70. The maximum absolute atomic E-state index is 12.3. The zero-order valence-corrected chi connectivity index (χ0v) is 15.9. The van der Waals surface area contributed by atoms with Crippen molar-refractivity contribution in [1.82, 2.24) is 0 Å². The number of fused-ring (bicyclic) bond motifs is 1. The van der Waals surface area contributed by atoms with Gasteiger partial charge >= 0.3 is 5.97 Å². The highest BCUT2D eigenvalue weighted by atomic mass is 79.9. The van der Waals surface area contributed by atoms with Gasteiger partial charge < -0.3 is 9.15 Å². The highest BCUT2D eigenvalue weighted by Crippen LogP contribution is 2.32. The van der Waals surface area contributed by atoms with Crippen molar-refractivity contribution in [3.63, 3.8) is 0 Å². The van der Waals surface area contributed by atoms with Crippen molar-refractivity contribution in [2.45, 2.75) is 27.2 Å². The molecule has 124 valence electrons. The summed E-state index contributed by atoms with van der Waals surface area (Å²) in [4.78, 5) is 12.3. The summed E-state index contributed by atoms with van der Waals surface area (Å²) in [6.45, 7) is 5.91. The molecule has 0 bridgehead atoms. The molecular weight excluding hydrogens is 392 g/mol. The van der Waals surface area contributed by atoms with E-state index in [1.54, 1.807) is 12.3 Å². The van der Waals surface area contributed by atoms with E-state index in [9.17, 15) is 4.79 Å². The van der Waals surface area contributed by atoms with E-state index in [1.165, 1.54) is 0 Å². The van der Waals surface area contributed by atoms with Gasteiger partial charge in [0.25, 0.3) is 0 Å². The Morgan fingerprint density at radius 3 is 2.54 bits per heavy atom. The van der Waals surface area contributed by atoms with Crippen molar-refractivity contribution in [3.8, 4) is 5.75 Å². The largest absolute Gasteiger partial charge is 0.464 e. The Hall–Kier alpha value is -1.78. The van der Waals surface area contributed by atoms with Crippen LogP contribution in [0.5, 0.6) is 5.75 Å². The topological polar surface area (TPSA) is 39.4 Å². The average molecular weight is 408 g/mol. The molecule has 3 rings (SSSR count). The van der Waals surface area contributed by atoms with Crippen LogP contribution in [0.4, 0.5) is 0 Å². The fourth-order valence-corrected chi connectivity index (χ4v) is 3.61. The Labute approximate surface area is 153 Å². The second-order valence-corrected chi connectivity index (χ2v) is 7.20. The molecule has 0 aliphatic rings. The summed E-state index contributed by atoms with van der Waals surface area (Å²) >= 11 is 9.53. The molecule has 0 saturated heterocycles. The average Bonchev–Trinajstić information content (AvgIpc) is 2.85. The summed E-state index contributed by atoms with van der Waals surface area (Å²) < 4.78 is 11.9. The van der Waals surface area contributed by atoms with Crippen LogP contribution < -0.4 is 4.74 Å². The van der Waals surface area contributed by atoms with Gasteiger partial charge in [-0.2, -0.15) is 0 Å². The summed E-state index contributed by atoms with van der Waals surface area (Å²) in [6.07, 6.45) is 1.74. The molecule has 0 N–H and O–H groups in total. The van der Waals surface area contributed by atoms with Gasteiger partial charge in [0.1, 0.15) is 5.58 Å². The molecule has 5 heteroatoms. The number of esters is 1. The third-order valence-corrected chi connectivity index (χ3v) is 4.75. The molecule has 0 aliphatic heterocycles. The van der Waals surface area contributed by atoms with Gasteiger partial charge in [0.2, 0.25) is 0 Å². The second-order valence-electron chi connectivity index (χ2n) is 5.88. The van der Waals surface area contributed by atoms with Crippen LogP contribution in [0.2, 0.25) is 5.02 Å². The van der Waals surface area contributed by atoms with Crippen LogP contribution in [0.1, 0.15) is 22.3 Å². The van der Waals surface area contributed by atoms with Gasteiger partial charge in [0.05, 0.1) is 17.7 Å². The molecule has 0 fully saturated rings. The molecule has 3 aromatic rings. The fourth-order valence-electron chi connectivity index (χ4n) is 2.60. The maximum Gasteiger partial charge on any atom is 0.315 e. The zero-order valence-electron chi connectivity index (χ0n) is 13.6. The first kappa shape index (κ1) is 17.1. The Balaban J connectivity index is 1.85. The highest BCUT2D eigenvalue weighted by molar-refractivity contribution is 9.10. The van der Waals surface area contributed by atoms with E-state index in [0.717, 1.165) is 37.7 Å². The molecule has 0 spiro atoms. The maximum atomic E-state index is 12.3. The van der Waals surface area contributed by atoms with Gasteiger partial charge in [-0.25, -0.2) is 0 Å². The molecule has 0 unspecified atom stereocenters. The number of hydrogen-bond acceptors (Lipinski definition) is 3. The summed E-state index contributed by atoms with van der Waals surface area (Å²) in [5.74, 6) is 0.0212. The monoisotopic (exact) mass is 406 g/mol. The molecule has 0 amide bonds. The first-order chi connectivity index (χ1) is 11.3. The van der Waals surface area contributed by atoms with Crippen LogP contribution in [0, 0.1) is 20.8 Å². The molecule has 2 aromatic carbocycles. The highest BCUT2D eigenvalue weighted by Gasteiger charge is 2.16. The lowest BCUT2D eigenvalue weighted by atomic mass is 10.0. The predicted molar refractivity (Wildman–Crippen MR) is 98.9 cm³/mol. The Bertz CT molecular complexity index is 920. The van der Waals surface area contributed by atoms with Gasteiger partial charge in [-0.05, 0) is 61.7 Å². The van der Waals surface area contributed by atoms with Gasteiger partial charge in [0, 0.05) is 15.4 Å². The second kappa shape index (κ2) is 6.61. The van der Waals surface area contributed by atoms with E-state index in [1.807, 2.05) is 39.0 Å². The van der Waals surface area contributed by atoms with Gasteiger partial charge in [-0.15, -0.1) is 0 Å². The number of aryl methyl sites for hydroxylation is 3. The summed E-state index contributed by atoms with van der Waals surface area (Å²) in [5, 5.41) is 1.34. The quantitative estimate of drug-likeness (QED) is 0.399. The number of rotatable bonds is 3. The number of carbonyl (C=O) groups excluding carboxylic acids is 1. The van der Waals surface area contributed by atoms with E-state index >= 15 is 0 Å². The molecule has 0 atom stereocenters. The molecule has 0 saturated carbocycles. The van der Waals surface area contributed by atoms with Crippen LogP contribution in [-0.4, -0.2) is 5.97 Å². The van der Waals surface area contributed by atoms with Crippen molar-refractivity contribution >= 4 is 44.5 Å². The van der Waals surface area contributed by atoms with Crippen LogP contribution in [0.15, 0.2) is 39.4 Å². The molecule has 1 heterocycles. The Kier molecular flexibility index (Phi) is 4.70. The predicted octanol–water partition coefficient (Wildman–Crippen LogP) is 5.92. The summed E-state index contributed by atoms with van der Waals surface area (Å²) in [7, 11) is 0. The molecule has 0 radical (unpaired) electrons. The Morgan fingerprint density at radius 2 is 1.83 bits per heavy atom. The lowest BCUT2D eigenvalue weighted by molar-refractivity contribution is -0.133.